The van der Waals surface area contributed by atoms with Crippen molar-refractivity contribution in [2.75, 3.05) is 19.8 Å². The van der Waals surface area contributed by atoms with E-state index in [-0.39, 0.29) is 12.5 Å². The number of benzene rings is 1. The molecule has 1 saturated heterocycles. The Hall–Kier alpha value is -2.08. The Labute approximate surface area is 135 Å². The standard InChI is InChI=1S/C17H22N2O4/c1-10-7-12-13(9-23-14(12)8-11(10)2)15(20)19-17(16(18)21)3-5-22-6-4-17/h7-8,13H,3-6,9H2,1-2H3,(H2,18,21)(H,19,20). The van der Waals surface area contributed by atoms with Crippen molar-refractivity contribution in [3.8, 4) is 5.75 Å². The van der Waals surface area contributed by atoms with Gasteiger partial charge in [0.2, 0.25) is 11.8 Å². The number of aryl methyl sites for hydroxylation is 2. The predicted molar refractivity (Wildman–Crippen MR) is 84.3 cm³/mol. The Morgan fingerprint density at radius 3 is 2.52 bits per heavy atom. The Bertz CT molecular complexity index is 650. The number of hydrogen-bond acceptors (Lipinski definition) is 4. The van der Waals surface area contributed by atoms with Crippen molar-refractivity contribution in [2.45, 2.75) is 38.1 Å². The molecular formula is C17H22N2O4. The average molecular weight is 318 g/mol. The summed E-state index contributed by atoms with van der Waals surface area (Å²) in [7, 11) is 0. The summed E-state index contributed by atoms with van der Waals surface area (Å²) in [6.45, 7) is 5.14. The Morgan fingerprint density at radius 2 is 1.87 bits per heavy atom. The minimum absolute atomic E-state index is 0.215. The number of amides is 2. The number of carbonyl (C=O) groups excluding carboxylic acids is 2. The highest BCUT2D eigenvalue weighted by Gasteiger charge is 2.42. The molecule has 1 unspecified atom stereocenters. The molecule has 1 aromatic carbocycles. The van der Waals surface area contributed by atoms with Crippen molar-refractivity contribution in [1.82, 2.24) is 5.32 Å². The van der Waals surface area contributed by atoms with Crippen LogP contribution in [0.4, 0.5) is 0 Å². The number of rotatable bonds is 3. The Morgan fingerprint density at radius 1 is 1.22 bits per heavy atom. The fourth-order valence-corrected chi connectivity index (χ4v) is 3.16. The SMILES string of the molecule is Cc1cc2c(cc1C)C(C(=O)NC1(C(N)=O)CCOCC1)CO2. The van der Waals surface area contributed by atoms with Gasteiger partial charge in [-0.3, -0.25) is 9.59 Å². The number of carbonyl (C=O) groups is 2. The van der Waals surface area contributed by atoms with Crippen LogP contribution in [0.5, 0.6) is 5.75 Å². The molecule has 1 fully saturated rings. The molecule has 2 aliphatic heterocycles. The van der Waals surface area contributed by atoms with Gasteiger partial charge in [0.15, 0.2) is 0 Å². The van der Waals surface area contributed by atoms with E-state index in [4.69, 9.17) is 15.2 Å². The second kappa shape index (κ2) is 5.85. The Balaban J connectivity index is 1.83. The molecule has 0 bridgehead atoms. The number of nitrogens with one attached hydrogen (secondary N) is 1. The van der Waals surface area contributed by atoms with E-state index in [0.29, 0.717) is 26.1 Å². The van der Waals surface area contributed by atoms with Crippen LogP contribution in [0.25, 0.3) is 0 Å². The van der Waals surface area contributed by atoms with Gasteiger partial charge in [0, 0.05) is 31.6 Å². The van der Waals surface area contributed by atoms with Crippen LogP contribution in [0.1, 0.15) is 35.4 Å². The van der Waals surface area contributed by atoms with Crippen LogP contribution >= 0.6 is 0 Å². The molecule has 2 amide bonds. The van der Waals surface area contributed by atoms with E-state index >= 15 is 0 Å². The summed E-state index contributed by atoms with van der Waals surface area (Å²) >= 11 is 0. The number of nitrogens with two attached hydrogens (primary N) is 1. The zero-order valence-corrected chi connectivity index (χ0v) is 13.5. The summed E-state index contributed by atoms with van der Waals surface area (Å²) in [5.41, 5.74) is 7.64. The molecule has 6 nitrogen and oxygen atoms in total. The van der Waals surface area contributed by atoms with Crippen LogP contribution < -0.4 is 15.8 Å². The molecule has 2 aliphatic rings. The molecule has 6 heteroatoms. The van der Waals surface area contributed by atoms with Gasteiger partial charge in [-0.15, -0.1) is 0 Å². The molecule has 23 heavy (non-hydrogen) atoms. The number of hydrogen-bond donors (Lipinski definition) is 2. The highest BCUT2D eigenvalue weighted by Crippen LogP contribution is 2.36. The van der Waals surface area contributed by atoms with Crippen LogP contribution in [0.3, 0.4) is 0 Å². The summed E-state index contributed by atoms with van der Waals surface area (Å²) in [6, 6.07) is 3.94. The summed E-state index contributed by atoms with van der Waals surface area (Å²) in [5.74, 6) is -0.391. The smallest absolute Gasteiger partial charge is 0.243 e. The number of primary amides is 1. The topological polar surface area (TPSA) is 90.7 Å². The number of fused-ring (bicyclic) bond motifs is 1. The van der Waals surface area contributed by atoms with Gasteiger partial charge in [-0.1, -0.05) is 6.07 Å². The highest BCUT2D eigenvalue weighted by molar-refractivity contribution is 5.93. The lowest BCUT2D eigenvalue weighted by Gasteiger charge is -2.35. The largest absolute Gasteiger partial charge is 0.492 e. The monoisotopic (exact) mass is 318 g/mol. The van der Waals surface area contributed by atoms with Crippen LogP contribution in [-0.2, 0) is 14.3 Å². The second-order valence-electron chi connectivity index (χ2n) is 6.39. The van der Waals surface area contributed by atoms with E-state index in [2.05, 4.69) is 5.32 Å². The number of ether oxygens (including phenoxy) is 2. The van der Waals surface area contributed by atoms with Crippen molar-refractivity contribution in [1.29, 1.82) is 0 Å². The predicted octanol–water partition coefficient (Wildman–Crippen LogP) is 0.930. The first-order valence-corrected chi connectivity index (χ1v) is 7.86. The first-order chi connectivity index (χ1) is 10.9. The van der Waals surface area contributed by atoms with Crippen LogP contribution in [-0.4, -0.2) is 37.2 Å². The quantitative estimate of drug-likeness (QED) is 0.867. The molecule has 2 heterocycles. The maximum atomic E-state index is 12.7. The van der Waals surface area contributed by atoms with Gasteiger partial charge in [-0.2, -0.15) is 0 Å². The lowest BCUT2D eigenvalue weighted by Crippen LogP contribution is -2.61. The summed E-state index contributed by atoms with van der Waals surface area (Å²) in [6.07, 6.45) is 0.808. The van der Waals surface area contributed by atoms with E-state index < -0.39 is 17.4 Å². The van der Waals surface area contributed by atoms with Gasteiger partial charge in [0.25, 0.3) is 0 Å². The molecule has 3 rings (SSSR count). The van der Waals surface area contributed by atoms with Gasteiger partial charge in [-0.25, -0.2) is 0 Å². The molecule has 0 spiro atoms. The molecule has 1 atom stereocenters. The van der Waals surface area contributed by atoms with E-state index in [9.17, 15) is 9.59 Å². The third-order valence-electron chi connectivity index (χ3n) is 4.90. The van der Waals surface area contributed by atoms with E-state index in [1.54, 1.807) is 0 Å². The van der Waals surface area contributed by atoms with Crippen molar-refractivity contribution in [3.05, 3.63) is 28.8 Å². The molecular weight excluding hydrogens is 296 g/mol. The van der Waals surface area contributed by atoms with Gasteiger partial charge in [0.1, 0.15) is 23.8 Å². The summed E-state index contributed by atoms with van der Waals surface area (Å²) in [5, 5.41) is 2.88. The first kappa shape index (κ1) is 15.8. The normalized spacial score (nSPS) is 22.1. The van der Waals surface area contributed by atoms with Gasteiger partial charge >= 0.3 is 0 Å². The lowest BCUT2D eigenvalue weighted by atomic mass is 9.87. The molecule has 0 radical (unpaired) electrons. The third-order valence-corrected chi connectivity index (χ3v) is 4.90. The highest BCUT2D eigenvalue weighted by atomic mass is 16.5. The van der Waals surface area contributed by atoms with Gasteiger partial charge < -0.3 is 20.5 Å². The van der Waals surface area contributed by atoms with Gasteiger partial charge in [0.05, 0.1) is 0 Å². The molecule has 124 valence electrons. The van der Waals surface area contributed by atoms with Crippen molar-refractivity contribution in [2.24, 2.45) is 5.73 Å². The zero-order chi connectivity index (χ0) is 16.6. The van der Waals surface area contributed by atoms with Gasteiger partial charge in [-0.05, 0) is 31.0 Å². The van der Waals surface area contributed by atoms with Crippen molar-refractivity contribution in [3.63, 3.8) is 0 Å². The minimum Gasteiger partial charge on any atom is -0.492 e. The maximum Gasteiger partial charge on any atom is 0.243 e. The van der Waals surface area contributed by atoms with E-state index in [1.165, 1.54) is 0 Å². The lowest BCUT2D eigenvalue weighted by molar-refractivity contribution is -0.136. The zero-order valence-electron chi connectivity index (χ0n) is 13.5. The summed E-state index contributed by atoms with van der Waals surface area (Å²) < 4.78 is 10.9. The minimum atomic E-state index is -1.02. The summed E-state index contributed by atoms with van der Waals surface area (Å²) in [4.78, 5) is 24.6. The molecule has 3 N–H and O–H groups in total. The van der Waals surface area contributed by atoms with Crippen molar-refractivity contribution < 1.29 is 19.1 Å². The Kier molecular flexibility index (Phi) is 4.02. The first-order valence-electron chi connectivity index (χ1n) is 7.86. The van der Waals surface area contributed by atoms with E-state index in [1.807, 2.05) is 26.0 Å². The maximum absolute atomic E-state index is 12.7. The third kappa shape index (κ3) is 2.79. The average Bonchev–Trinajstić information content (AvgIpc) is 2.91. The van der Waals surface area contributed by atoms with Crippen LogP contribution in [0, 0.1) is 13.8 Å². The molecule has 1 aromatic rings. The van der Waals surface area contributed by atoms with Crippen molar-refractivity contribution >= 4 is 11.8 Å². The fourth-order valence-electron chi connectivity index (χ4n) is 3.16. The molecule has 0 aliphatic carbocycles. The fraction of sp³-hybridized carbons (Fsp3) is 0.529. The van der Waals surface area contributed by atoms with E-state index in [0.717, 1.165) is 22.4 Å². The second-order valence-corrected chi connectivity index (χ2v) is 6.39. The molecule has 0 saturated carbocycles. The molecule has 0 aromatic heterocycles. The van der Waals surface area contributed by atoms with Crippen LogP contribution in [0.2, 0.25) is 0 Å². The van der Waals surface area contributed by atoms with Crippen LogP contribution in [0.15, 0.2) is 12.1 Å².